The third kappa shape index (κ3) is 6.65. The van der Waals surface area contributed by atoms with Crippen molar-refractivity contribution in [3.05, 3.63) is 151 Å². The van der Waals surface area contributed by atoms with Crippen molar-refractivity contribution in [2.75, 3.05) is 31.3 Å². The minimum atomic E-state index is -0.0529. The number of benzene rings is 6. The third-order valence-corrected chi connectivity index (χ3v) is 13.6. The fourth-order valence-electron chi connectivity index (χ4n) is 10.6. The van der Waals surface area contributed by atoms with Gasteiger partial charge in [-0.1, -0.05) is 104 Å². The van der Waals surface area contributed by atoms with E-state index in [0.29, 0.717) is 38.3 Å². The SMILES string of the molecule is Cc1ccc(OCCCOc2ccc(-c3ccc4c(c3)-c3cccc5c3B4c3cc(C(C)(C)C)cc4c3N5c3cc(OCCCOc5ccc(C)o5)cc5c3B4c3ccccc3-5)cc2)o1. The molecule has 65 heavy (non-hydrogen) atoms. The Balaban J connectivity index is 0.905. The molecule has 8 aromatic rings. The molecule has 0 radical (unpaired) electrons. The zero-order valence-corrected chi connectivity index (χ0v) is 37.5. The first kappa shape index (κ1) is 39.6. The van der Waals surface area contributed by atoms with Gasteiger partial charge in [0, 0.05) is 48.1 Å². The van der Waals surface area contributed by atoms with Crippen LogP contribution in [0, 0.1) is 13.8 Å². The molecule has 0 saturated heterocycles. The van der Waals surface area contributed by atoms with Gasteiger partial charge in [-0.3, -0.25) is 0 Å². The lowest BCUT2D eigenvalue weighted by Gasteiger charge is -2.43. The summed E-state index contributed by atoms with van der Waals surface area (Å²) >= 11 is 0. The summed E-state index contributed by atoms with van der Waals surface area (Å²) in [5.74, 6) is 4.49. The van der Waals surface area contributed by atoms with E-state index in [1.54, 1.807) is 0 Å². The Kier molecular flexibility index (Phi) is 9.34. The predicted molar refractivity (Wildman–Crippen MR) is 264 cm³/mol. The average molecular weight is 854 g/mol. The maximum absolute atomic E-state index is 6.63. The summed E-state index contributed by atoms with van der Waals surface area (Å²) in [4.78, 5) is 2.58. The number of hydrogen-bond donors (Lipinski definition) is 0. The van der Waals surface area contributed by atoms with Crippen molar-refractivity contribution in [3.63, 3.8) is 0 Å². The Bertz CT molecular complexity index is 3160. The summed E-state index contributed by atoms with van der Waals surface area (Å²) < 4.78 is 35.4. The fourth-order valence-corrected chi connectivity index (χ4v) is 10.6. The van der Waals surface area contributed by atoms with E-state index in [1.807, 2.05) is 38.1 Å². The molecular formula is C56H49B2NO6. The molecule has 7 nitrogen and oxygen atoms in total. The van der Waals surface area contributed by atoms with Crippen molar-refractivity contribution in [1.29, 1.82) is 0 Å². The number of fused-ring (bicyclic) bond motifs is 10. The normalized spacial score (nSPS) is 13.3. The first-order chi connectivity index (χ1) is 31.7. The standard InChI is InChI=1S/C56H49B2NO6/c1-34-15-23-51(64-34)62-27-9-25-60-39-20-17-36(18-21-39)37-19-22-46-43(29-37)42-12-8-14-49-53(42)58(46)48-31-38(56(3,4)5)30-47-55(48)59(49)50-33-40(61-26-10-28-63-52-24-16-35(2)65-52)32-44-41-11-6-7-13-45(41)57(47)54(44)50/h6-8,11-24,29-33H,9-10,25-28H2,1-5H3. The second-order valence-electron chi connectivity index (χ2n) is 18.8. The zero-order valence-electron chi connectivity index (χ0n) is 37.5. The molecule has 4 aliphatic rings. The highest BCUT2D eigenvalue weighted by Gasteiger charge is 2.50. The summed E-state index contributed by atoms with van der Waals surface area (Å²) in [6.45, 7) is 13.2. The molecule has 0 spiro atoms. The molecule has 0 unspecified atom stereocenters. The highest BCUT2D eigenvalue weighted by Crippen LogP contribution is 2.46. The van der Waals surface area contributed by atoms with Gasteiger partial charge in [-0.15, -0.1) is 0 Å². The monoisotopic (exact) mass is 853 g/mol. The van der Waals surface area contributed by atoms with Crippen LogP contribution >= 0.6 is 0 Å². The van der Waals surface area contributed by atoms with Crippen LogP contribution in [0.25, 0.3) is 33.4 Å². The average Bonchev–Trinajstić information content (AvgIpc) is 4.09. The van der Waals surface area contributed by atoms with E-state index < -0.39 is 0 Å². The van der Waals surface area contributed by atoms with Crippen molar-refractivity contribution in [2.24, 2.45) is 0 Å². The molecule has 320 valence electrons. The van der Waals surface area contributed by atoms with Crippen LogP contribution < -0.4 is 56.6 Å². The van der Waals surface area contributed by atoms with Crippen LogP contribution in [0.5, 0.6) is 23.4 Å². The Labute approximate surface area is 381 Å². The van der Waals surface area contributed by atoms with Crippen LogP contribution in [-0.4, -0.2) is 39.9 Å². The maximum Gasteiger partial charge on any atom is 0.284 e. The topological polar surface area (TPSA) is 66.4 Å². The summed E-state index contributed by atoms with van der Waals surface area (Å²) in [5, 5.41) is 0. The Morgan fingerprint density at radius 3 is 1.74 bits per heavy atom. The Morgan fingerprint density at radius 1 is 0.477 bits per heavy atom. The molecule has 0 bridgehead atoms. The lowest BCUT2D eigenvalue weighted by molar-refractivity contribution is 0.207. The van der Waals surface area contributed by atoms with E-state index in [0.717, 1.165) is 41.4 Å². The van der Waals surface area contributed by atoms with Crippen molar-refractivity contribution in [3.8, 4) is 56.8 Å². The van der Waals surface area contributed by atoms with Crippen LogP contribution in [0.1, 0.15) is 50.7 Å². The summed E-state index contributed by atoms with van der Waals surface area (Å²) in [7, 11) is 0. The fraction of sp³-hybridized carbons (Fsp3) is 0.214. The summed E-state index contributed by atoms with van der Waals surface area (Å²) in [6, 6.07) is 48.6. The van der Waals surface area contributed by atoms with Crippen LogP contribution in [0.4, 0.5) is 17.1 Å². The molecule has 0 aliphatic carbocycles. The van der Waals surface area contributed by atoms with E-state index in [2.05, 4.69) is 135 Å². The minimum absolute atomic E-state index is 0.0529. The van der Waals surface area contributed by atoms with Gasteiger partial charge in [0.25, 0.3) is 11.9 Å². The first-order valence-corrected chi connectivity index (χ1v) is 23.0. The smallest absolute Gasteiger partial charge is 0.284 e. The predicted octanol–water partition coefficient (Wildman–Crippen LogP) is 9.24. The highest BCUT2D eigenvalue weighted by molar-refractivity contribution is 7.05. The second-order valence-corrected chi connectivity index (χ2v) is 18.8. The van der Waals surface area contributed by atoms with Crippen LogP contribution in [0.15, 0.2) is 142 Å². The molecule has 6 heterocycles. The molecule has 0 saturated carbocycles. The Hall–Kier alpha value is -6.99. The molecule has 2 aromatic heterocycles. The number of furan rings is 2. The summed E-state index contributed by atoms with van der Waals surface area (Å²) in [5.41, 5.74) is 20.7. The van der Waals surface area contributed by atoms with E-state index in [9.17, 15) is 0 Å². The van der Waals surface area contributed by atoms with Gasteiger partial charge in [0.2, 0.25) is 13.4 Å². The molecular weight excluding hydrogens is 804 g/mol. The van der Waals surface area contributed by atoms with Crippen molar-refractivity contribution in [2.45, 2.75) is 52.9 Å². The van der Waals surface area contributed by atoms with E-state index in [4.69, 9.17) is 27.8 Å². The third-order valence-electron chi connectivity index (χ3n) is 13.6. The molecule has 9 heteroatoms. The number of nitrogens with zero attached hydrogens (tertiary/aromatic N) is 1. The largest absolute Gasteiger partial charge is 0.493 e. The van der Waals surface area contributed by atoms with E-state index >= 15 is 0 Å². The van der Waals surface area contributed by atoms with Gasteiger partial charge >= 0.3 is 0 Å². The first-order valence-electron chi connectivity index (χ1n) is 23.0. The van der Waals surface area contributed by atoms with Gasteiger partial charge in [-0.25, -0.2) is 0 Å². The number of anilines is 3. The van der Waals surface area contributed by atoms with Gasteiger partial charge in [0.15, 0.2) is 0 Å². The van der Waals surface area contributed by atoms with E-state index in [1.165, 1.54) is 83.2 Å². The maximum atomic E-state index is 6.63. The van der Waals surface area contributed by atoms with Crippen LogP contribution in [0.3, 0.4) is 0 Å². The second kappa shape index (κ2) is 15.3. The molecule has 0 fully saturated rings. The van der Waals surface area contributed by atoms with Crippen molar-refractivity contribution in [1.82, 2.24) is 0 Å². The van der Waals surface area contributed by atoms with E-state index in [-0.39, 0.29) is 18.8 Å². The minimum Gasteiger partial charge on any atom is -0.493 e. The zero-order chi connectivity index (χ0) is 44.0. The van der Waals surface area contributed by atoms with Crippen molar-refractivity contribution >= 4 is 63.3 Å². The molecule has 4 aliphatic heterocycles. The van der Waals surface area contributed by atoms with Gasteiger partial charge < -0.3 is 32.7 Å². The number of ether oxygens (including phenoxy) is 4. The lowest BCUT2D eigenvalue weighted by Crippen LogP contribution is -2.63. The number of hydrogen-bond acceptors (Lipinski definition) is 7. The van der Waals surface area contributed by atoms with Crippen molar-refractivity contribution < 1.29 is 27.8 Å². The molecule has 12 rings (SSSR count). The lowest BCUT2D eigenvalue weighted by atomic mass is 9.32. The summed E-state index contributed by atoms with van der Waals surface area (Å²) in [6.07, 6.45) is 1.49. The quantitative estimate of drug-likeness (QED) is 0.0847. The Morgan fingerprint density at radius 2 is 1.08 bits per heavy atom. The van der Waals surface area contributed by atoms with Crippen LogP contribution in [-0.2, 0) is 5.41 Å². The van der Waals surface area contributed by atoms with Gasteiger partial charge in [0.05, 0.1) is 26.4 Å². The molecule has 0 N–H and O–H groups in total. The molecule has 6 aromatic carbocycles. The highest BCUT2D eigenvalue weighted by atomic mass is 16.6. The molecule has 0 amide bonds. The van der Waals surface area contributed by atoms with Gasteiger partial charge in [-0.2, -0.15) is 0 Å². The van der Waals surface area contributed by atoms with Crippen LogP contribution in [0.2, 0.25) is 0 Å². The van der Waals surface area contributed by atoms with Gasteiger partial charge in [0.1, 0.15) is 23.0 Å². The van der Waals surface area contributed by atoms with Gasteiger partial charge in [-0.05, 0) is 123 Å². The number of rotatable bonds is 13. The number of aryl methyl sites for hydroxylation is 2. The molecule has 0 atom stereocenters.